The van der Waals surface area contributed by atoms with Crippen LogP contribution in [0.15, 0.2) is 18.2 Å². The lowest BCUT2D eigenvalue weighted by molar-refractivity contribution is 0.140. The van der Waals surface area contributed by atoms with E-state index in [1.54, 1.807) is 0 Å². The summed E-state index contributed by atoms with van der Waals surface area (Å²) in [7, 11) is 0. The monoisotopic (exact) mass is 241 g/mol. The number of hydrogen-bond acceptors (Lipinski definition) is 3. The van der Waals surface area contributed by atoms with E-state index in [4.69, 9.17) is 26.8 Å². The molecule has 4 heteroatoms. The van der Waals surface area contributed by atoms with Crippen LogP contribution in [0, 0.1) is 0 Å². The molecule has 1 aromatic rings. The quantitative estimate of drug-likeness (QED) is 0.877. The molecule has 0 bridgehead atoms. The van der Waals surface area contributed by atoms with Gasteiger partial charge in [0.1, 0.15) is 11.9 Å². The summed E-state index contributed by atoms with van der Waals surface area (Å²) in [5.74, 6) is 0.880. The molecule has 1 atom stereocenters. The van der Waals surface area contributed by atoms with Crippen LogP contribution in [0.1, 0.15) is 12.0 Å². The van der Waals surface area contributed by atoms with Gasteiger partial charge < -0.3 is 15.2 Å². The Kier molecular flexibility index (Phi) is 4.04. The van der Waals surface area contributed by atoms with E-state index in [1.807, 2.05) is 18.2 Å². The molecule has 0 aromatic heterocycles. The molecule has 3 nitrogen and oxygen atoms in total. The average molecular weight is 242 g/mol. The number of nitrogens with two attached hydrogens (primary N) is 1. The lowest BCUT2D eigenvalue weighted by atomic mass is 10.1. The molecule has 0 saturated carbocycles. The van der Waals surface area contributed by atoms with Crippen LogP contribution in [-0.4, -0.2) is 25.9 Å². The van der Waals surface area contributed by atoms with E-state index in [2.05, 4.69) is 0 Å². The molecule has 88 valence electrons. The third-order valence-corrected chi connectivity index (χ3v) is 2.85. The summed E-state index contributed by atoms with van der Waals surface area (Å²) in [6.07, 6.45) is 1.89. The van der Waals surface area contributed by atoms with Crippen molar-refractivity contribution < 1.29 is 9.47 Å². The van der Waals surface area contributed by atoms with Crippen molar-refractivity contribution in [2.24, 2.45) is 5.73 Å². The Labute approximate surface area is 100 Å². The Balaban J connectivity index is 2.11. The zero-order valence-corrected chi connectivity index (χ0v) is 9.87. The van der Waals surface area contributed by atoms with Crippen LogP contribution in [0.25, 0.3) is 0 Å². The second-order valence-corrected chi connectivity index (χ2v) is 4.33. The largest absolute Gasteiger partial charge is 0.488 e. The van der Waals surface area contributed by atoms with Crippen molar-refractivity contribution in [1.29, 1.82) is 0 Å². The highest BCUT2D eigenvalue weighted by Crippen LogP contribution is 2.25. The number of benzene rings is 1. The van der Waals surface area contributed by atoms with E-state index in [-0.39, 0.29) is 6.10 Å². The van der Waals surface area contributed by atoms with E-state index in [1.165, 1.54) is 0 Å². The molecule has 1 aliphatic rings. The SMILES string of the molecule is NCCc1cc(Cl)ccc1OC1CCOC1. The minimum Gasteiger partial charge on any atom is -0.488 e. The van der Waals surface area contributed by atoms with E-state index >= 15 is 0 Å². The van der Waals surface area contributed by atoms with Crippen molar-refractivity contribution in [1.82, 2.24) is 0 Å². The van der Waals surface area contributed by atoms with Crippen LogP contribution >= 0.6 is 11.6 Å². The lowest BCUT2D eigenvalue weighted by Gasteiger charge is -2.15. The lowest BCUT2D eigenvalue weighted by Crippen LogP contribution is -2.17. The highest BCUT2D eigenvalue weighted by molar-refractivity contribution is 6.30. The van der Waals surface area contributed by atoms with Gasteiger partial charge in [0.15, 0.2) is 0 Å². The van der Waals surface area contributed by atoms with Crippen molar-refractivity contribution >= 4 is 11.6 Å². The fourth-order valence-corrected chi connectivity index (χ4v) is 1.99. The summed E-state index contributed by atoms with van der Waals surface area (Å²) in [6.45, 7) is 2.05. The standard InChI is InChI=1S/C12H16ClNO2/c13-10-1-2-12(9(7-10)3-5-14)16-11-4-6-15-8-11/h1-2,7,11H,3-6,8,14H2. The number of rotatable bonds is 4. The Bertz CT molecular complexity index is 351. The van der Waals surface area contributed by atoms with Gasteiger partial charge in [0.2, 0.25) is 0 Å². The zero-order valence-electron chi connectivity index (χ0n) is 9.12. The van der Waals surface area contributed by atoms with Gasteiger partial charge in [0, 0.05) is 11.4 Å². The number of ether oxygens (including phenoxy) is 2. The third-order valence-electron chi connectivity index (χ3n) is 2.62. The zero-order chi connectivity index (χ0) is 11.4. The van der Waals surface area contributed by atoms with Crippen LogP contribution in [0.3, 0.4) is 0 Å². The number of hydrogen-bond donors (Lipinski definition) is 1. The van der Waals surface area contributed by atoms with Gasteiger partial charge in [-0.3, -0.25) is 0 Å². The summed E-state index contributed by atoms with van der Waals surface area (Å²) < 4.78 is 11.2. The van der Waals surface area contributed by atoms with Crippen molar-refractivity contribution in [2.45, 2.75) is 18.9 Å². The van der Waals surface area contributed by atoms with Gasteiger partial charge in [0.25, 0.3) is 0 Å². The molecule has 1 saturated heterocycles. The van der Waals surface area contributed by atoms with E-state index < -0.39 is 0 Å². The van der Waals surface area contributed by atoms with Gasteiger partial charge >= 0.3 is 0 Å². The molecule has 0 amide bonds. The molecule has 1 aromatic carbocycles. The summed E-state index contributed by atoms with van der Waals surface area (Å²) >= 11 is 5.95. The molecule has 2 N–H and O–H groups in total. The Morgan fingerprint density at radius 2 is 2.38 bits per heavy atom. The summed E-state index contributed by atoms with van der Waals surface area (Å²) in [6, 6.07) is 5.66. The second kappa shape index (κ2) is 5.53. The minimum absolute atomic E-state index is 0.165. The molecule has 16 heavy (non-hydrogen) atoms. The van der Waals surface area contributed by atoms with Gasteiger partial charge in [0.05, 0.1) is 13.2 Å². The molecule has 2 rings (SSSR count). The smallest absolute Gasteiger partial charge is 0.124 e. The van der Waals surface area contributed by atoms with E-state index in [0.717, 1.165) is 35.8 Å². The Morgan fingerprint density at radius 3 is 3.06 bits per heavy atom. The first-order chi connectivity index (χ1) is 7.79. The van der Waals surface area contributed by atoms with Crippen molar-refractivity contribution in [2.75, 3.05) is 19.8 Å². The summed E-state index contributed by atoms with van der Waals surface area (Å²) in [4.78, 5) is 0. The van der Waals surface area contributed by atoms with Crippen molar-refractivity contribution in [3.05, 3.63) is 28.8 Å². The minimum atomic E-state index is 0.165. The van der Waals surface area contributed by atoms with Gasteiger partial charge in [-0.2, -0.15) is 0 Å². The van der Waals surface area contributed by atoms with Crippen LogP contribution in [0.2, 0.25) is 5.02 Å². The molecule has 0 radical (unpaired) electrons. The highest BCUT2D eigenvalue weighted by Gasteiger charge is 2.18. The maximum absolute atomic E-state index is 5.95. The van der Waals surface area contributed by atoms with E-state index in [9.17, 15) is 0 Å². The maximum atomic E-state index is 5.95. The van der Waals surface area contributed by atoms with Gasteiger partial charge in [-0.1, -0.05) is 11.6 Å². The molecule has 1 fully saturated rings. The molecule has 1 aliphatic heterocycles. The van der Waals surface area contributed by atoms with Crippen LogP contribution in [-0.2, 0) is 11.2 Å². The van der Waals surface area contributed by atoms with E-state index in [0.29, 0.717) is 13.2 Å². The molecule has 1 unspecified atom stereocenters. The Morgan fingerprint density at radius 1 is 1.50 bits per heavy atom. The molecular weight excluding hydrogens is 226 g/mol. The third kappa shape index (κ3) is 2.88. The first kappa shape index (κ1) is 11.7. The highest BCUT2D eigenvalue weighted by atomic mass is 35.5. The fraction of sp³-hybridized carbons (Fsp3) is 0.500. The van der Waals surface area contributed by atoms with Crippen LogP contribution < -0.4 is 10.5 Å². The van der Waals surface area contributed by atoms with Gasteiger partial charge in [-0.25, -0.2) is 0 Å². The Hall–Kier alpha value is -0.770. The first-order valence-electron chi connectivity index (χ1n) is 5.52. The molecule has 1 heterocycles. The maximum Gasteiger partial charge on any atom is 0.124 e. The predicted octanol–water partition coefficient (Wildman–Crippen LogP) is 2.01. The predicted molar refractivity (Wildman–Crippen MR) is 64.1 cm³/mol. The van der Waals surface area contributed by atoms with Crippen molar-refractivity contribution in [3.63, 3.8) is 0 Å². The normalized spacial score (nSPS) is 20.0. The second-order valence-electron chi connectivity index (χ2n) is 3.89. The van der Waals surface area contributed by atoms with Crippen LogP contribution in [0.4, 0.5) is 0 Å². The van der Waals surface area contributed by atoms with Crippen LogP contribution in [0.5, 0.6) is 5.75 Å². The summed E-state index contributed by atoms with van der Waals surface area (Å²) in [5.41, 5.74) is 6.64. The molecule has 0 aliphatic carbocycles. The van der Waals surface area contributed by atoms with Crippen molar-refractivity contribution in [3.8, 4) is 5.75 Å². The average Bonchev–Trinajstić information content (AvgIpc) is 2.75. The topological polar surface area (TPSA) is 44.5 Å². The summed E-state index contributed by atoms with van der Waals surface area (Å²) in [5, 5.41) is 0.721. The molecular formula is C12H16ClNO2. The van der Waals surface area contributed by atoms with Gasteiger partial charge in [-0.15, -0.1) is 0 Å². The fourth-order valence-electron chi connectivity index (χ4n) is 1.80. The molecule has 0 spiro atoms. The first-order valence-corrected chi connectivity index (χ1v) is 5.90. The number of halogens is 1. The van der Waals surface area contributed by atoms with Gasteiger partial charge in [-0.05, 0) is 36.7 Å².